The Hall–Kier alpha value is -3.85. The van der Waals surface area contributed by atoms with Crippen LogP contribution >= 0.6 is 11.3 Å². The summed E-state index contributed by atoms with van der Waals surface area (Å²) in [6.07, 6.45) is 2.60. The van der Waals surface area contributed by atoms with Crippen LogP contribution in [0.25, 0.3) is 6.08 Å². The number of carbonyl (C=O) groups is 1. The van der Waals surface area contributed by atoms with E-state index in [1.165, 1.54) is 18.4 Å². The van der Waals surface area contributed by atoms with Gasteiger partial charge in [0, 0.05) is 16.7 Å². The molecule has 230 valence electrons. The summed E-state index contributed by atoms with van der Waals surface area (Å²) < 4.78 is 18.9. The molecule has 1 atom stereocenters. The predicted octanol–water partition coefficient (Wildman–Crippen LogP) is 5.51. The van der Waals surface area contributed by atoms with E-state index in [1.54, 1.807) is 24.7 Å². The number of carbonyl (C=O) groups excluding carboxylic acids is 1. The second-order valence-corrected chi connectivity index (χ2v) is 13.8. The first-order valence-electron chi connectivity index (χ1n) is 14.4. The quantitative estimate of drug-likeness (QED) is 0.357. The summed E-state index contributed by atoms with van der Waals surface area (Å²) in [6, 6.07) is 8.46. The maximum atomic E-state index is 14.3. The molecule has 9 heteroatoms. The summed E-state index contributed by atoms with van der Waals surface area (Å²) in [5.41, 5.74) is 2.77. The van der Waals surface area contributed by atoms with Crippen molar-refractivity contribution in [2.45, 2.75) is 78.7 Å². The van der Waals surface area contributed by atoms with E-state index in [2.05, 4.69) is 46.5 Å². The summed E-state index contributed by atoms with van der Waals surface area (Å²) in [6.45, 7) is 16.5. The monoisotopic (exact) mass is 606 g/mol. The number of aromatic nitrogens is 1. The van der Waals surface area contributed by atoms with Crippen molar-refractivity contribution in [3.63, 3.8) is 0 Å². The smallest absolute Gasteiger partial charge is 0.338 e. The van der Waals surface area contributed by atoms with Crippen LogP contribution in [0.1, 0.15) is 90.1 Å². The Balaban J connectivity index is 2.04. The van der Waals surface area contributed by atoms with Gasteiger partial charge in [0.2, 0.25) is 0 Å². The van der Waals surface area contributed by atoms with Gasteiger partial charge < -0.3 is 19.3 Å². The molecule has 3 aromatic rings. The van der Waals surface area contributed by atoms with E-state index in [9.17, 15) is 14.7 Å². The van der Waals surface area contributed by atoms with Gasteiger partial charge in [-0.3, -0.25) is 9.36 Å². The largest absolute Gasteiger partial charge is 0.507 e. The van der Waals surface area contributed by atoms with E-state index in [1.807, 2.05) is 37.3 Å². The fourth-order valence-corrected chi connectivity index (χ4v) is 6.34. The highest BCUT2D eigenvalue weighted by Gasteiger charge is 2.36. The Morgan fingerprint density at radius 1 is 1.09 bits per heavy atom. The van der Waals surface area contributed by atoms with Gasteiger partial charge in [-0.2, -0.15) is 0 Å². The number of ether oxygens (including phenoxy) is 3. The number of phenols is 1. The predicted molar refractivity (Wildman–Crippen MR) is 170 cm³/mol. The third-order valence-corrected chi connectivity index (χ3v) is 8.43. The molecule has 0 saturated carbocycles. The number of hydrogen-bond acceptors (Lipinski definition) is 8. The lowest BCUT2D eigenvalue weighted by atomic mass is 9.78. The first kappa shape index (κ1) is 32.1. The zero-order chi connectivity index (χ0) is 31.9. The number of rotatable bonds is 7. The Morgan fingerprint density at radius 2 is 1.72 bits per heavy atom. The first-order chi connectivity index (χ1) is 20.1. The van der Waals surface area contributed by atoms with Gasteiger partial charge in [0.25, 0.3) is 5.56 Å². The maximum absolute atomic E-state index is 14.3. The van der Waals surface area contributed by atoms with Gasteiger partial charge in [0.05, 0.1) is 36.6 Å². The Morgan fingerprint density at radius 3 is 2.26 bits per heavy atom. The summed E-state index contributed by atoms with van der Waals surface area (Å²) in [4.78, 5) is 32.6. The molecule has 0 aliphatic carbocycles. The molecule has 0 saturated heterocycles. The zero-order valence-corrected chi connectivity index (χ0v) is 27.6. The van der Waals surface area contributed by atoms with Crippen LogP contribution in [0.4, 0.5) is 0 Å². The molecule has 4 rings (SSSR count). The maximum Gasteiger partial charge on any atom is 0.338 e. The van der Waals surface area contributed by atoms with Crippen molar-refractivity contribution >= 4 is 23.4 Å². The van der Waals surface area contributed by atoms with E-state index >= 15 is 0 Å². The number of hydrogen-bond donors (Lipinski definition) is 1. The molecular formula is C34H42N2O6S. The molecule has 0 fully saturated rings. The minimum Gasteiger partial charge on any atom is -0.507 e. The highest BCUT2D eigenvalue weighted by atomic mass is 32.1. The minimum atomic E-state index is -0.845. The Labute approximate surface area is 257 Å². The van der Waals surface area contributed by atoms with Gasteiger partial charge in [0.1, 0.15) is 11.8 Å². The van der Waals surface area contributed by atoms with Crippen LogP contribution in [0.2, 0.25) is 0 Å². The number of allylic oxidation sites excluding steroid dienone is 1. The van der Waals surface area contributed by atoms with Crippen LogP contribution < -0.4 is 24.4 Å². The third-order valence-electron chi connectivity index (χ3n) is 7.45. The second-order valence-electron chi connectivity index (χ2n) is 12.8. The van der Waals surface area contributed by atoms with E-state index in [0.717, 1.165) is 23.1 Å². The molecule has 43 heavy (non-hydrogen) atoms. The van der Waals surface area contributed by atoms with Crippen molar-refractivity contribution in [3.05, 3.63) is 83.5 Å². The number of esters is 1. The molecule has 1 aliphatic heterocycles. The normalized spacial score (nSPS) is 15.7. The van der Waals surface area contributed by atoms with Gasteiger partial charge in [0.15, 0.2) is 16.3 Å². The van der Waals surface area contributed by atoms with Crippen LogP contribution in [0.3, 0.4) is 0 Å². The topological polar surface area (TPSA) is 99.4 Å². The van der Waals surface area contributed by atoms with E-state index in [4.69, 9.17) is 14.2 Å². The second kappa shape index (κ2) is 12.0. The number of nitrogens with zero attached hydrogens (tertiary/aromatic N) is 2. The van der Waals surface area contributed by atoms with Crippen LogP contribution in [-0.4, -0.2) is 36.5 Å². The number of fused-ring (bicyclic) bond motifs is 1. The summed E-state index contributed by atoms with van der Waals surface area (Å²) in [7, 11) is 2.87. The average Bonchev–Trinajstić information content (AvgIpc) is 3.23. The third kappa shape index (κ3) is 6.13. The van der Waals surface area contributed by atoms with Crippen LogP contribution in [0.15, 0.2) is 51.4 Å². The van der Waals surface area contributed by atoms with Crippen LogP contribution in [0.5, 0.6) is 17.2 Å². The Bertz CT molecular complexity index is 1730. The van der Waals surface area contributed by atoms with Crippen molar-refractivity contribution in [2.75, 3.05) is 20.8 Å². The van der Waals surface area contributed by atoms with Crippen LogP contribution in [-0.2, 0) is 20.4 Å². The van der Waals surface area contributed by atoms with Crippen molar-refractivity contribution in [3.8, 4) is 17.2 Å². The number of benzene rings is 2. The van der Waals surface area contributed by atoms with Gasteiger partial charge >= 0.3 is 5.97 Å². The van der Waals surface area contributed by atoms with Crippen molar-refractivity contribution in [1.82, 2.24) is 4.57 Å². The van der Waals surface area contributed by atoms with E-state index in [0.29, 0.717) is 38.7 Å². The number of thiazole rings is 1. The van der Waals surface area contributed by atoms with Gasteiger partial charge in [-0.25, -0.2) is 9.79 Å². The molecule has 1 aliphatic rings. The summed E-state index contributed by atoms with van der Waals surface area (Å²) in [5, 5.41) is 11.2. The zero-order valence-electron chi connectivity index (χ0n) is 26.7. The standard InChI is InChI=1S/C34H42N2O6S/c1-11-15-42-29-21(13-12-14-24(29)40-9)27-26(31(39)41-10)19(2)35-32-36(27)30(38)25(43-32)18-20-16-22(33(3,4)5)28(37)23(17-20)34(6,7)8/h12-14,16-18,27,37H,11,15H2,1-10H3/b25-18+/t27-/m1/s1. The Kier molecular flexibility index (Phi) is 8.97. The lowest BCUT2D eigenvalue weighted by Crippen LogP contribution is -2.40. The molecular weight excluding hydrogens is 564 g/mol. The molecule has 0 spiro atoms. The first-order valence-corrected chi connectivity index (χ1v) is 15.2. The number of methoxy groups -OCH3 is 2. The molecule has 2 aromatic carbocycles. The van der Waals surface area contributed by atoms with Crippen molar-refractivity contribution in [1.29, 1.82) is 0 Å². The summed E-state index contributed by atoms with van der Waals surface area (Å²) >= 11 is 1.25. The van der Waals surface area contributed by atoms with Crippen molar-refractivity contribution < 1.29 is 24.1 Å². The molecule has 1 N–H and O–H groups in total. The number of phenolic OH excluding ortho intramolecular Hbond substituents is 1. The highest BCUT2D eigenvalue weighted by molar-refractivity contribution is 7.07. The molecule has 0 radical (unpaired) electrons. The SMILES string of the molecule is CCCOc1c(OC)cccc1[C@@H]1C(C(=O)OC)=C(C)N=c2s/c(=C/c3cc(C(C)(C)C)c(O)c(C(C)(C)C)c3)c(=O)n21. The van der Waals surface area contributed by atoms with Crippen molar-refractivity contribution in [2.24, 2.45) is 4.99 Å². The lowest BCUT2D eigenvalue weighted by molar-refractivity contribution is -0.136. The molecule has 0 bridgehead atoms. The highest BCUT2D eigenvalue weighted by Crippen LogP contribution is 2.42. The van der Waals surface area contributed by atoms with E-state index < -0.39 is 12.0 Å². The van der Waals surface area contributed by atoms with E-state index in [-0.39, 0.29) is 27.7 Å². The van der Waals surface area contributed by atoms with Gasteiger partial charge in [-0.05, 0) is 54.0 Å². The average molecular weight is 607 g/mol. The van der Waals surface area contributed by atoms with Gasteiger partial charge in [-0.15, -0.1) is 0 Å². The number of para-hydroxylation sites is 1. The lowest BCUT2D eigenvalue weighted by Gasteiger charge is -2.27. The summed E-state index contributed by atoms with van der Waals surface area (Å²) in [5.74, 6) is 0.661. The van der Waals surface area contributed by atoms with Gasteiger partial charge in [-0.1, -0.05) is 71.9 Å². The molecule has 1 aromatic heterocycles. The molecule has 2 heterocycles. The number of aromatic hydroxyl groups is 1. The van der Waals surface area contributed by atoms with Crippen LogP contribution in [0, 0.1) is 0 Å². The minimum absolute atomic E-state index is 0.255. The fourth-order valence-electron chi connectivity index (χ4n) is 5.29. The molecule has 0 unspecified atom stereocenters. The molecule has 0 amide bonds. The fraction of sp³-hybridized carbons (Fsp3) is 0.441. The molecule has 8 nitrogen and oxygen atoms in total.